The minimum atomic E-state index is -0.462. The normalized spacial score (nSPS) is 20.5. The van der Waals surface area contributed by atoms with Crippen molar-refractivity contribution >= 4 is 17.7 Å². The van der Waals surface area contributed by atoms with E-state index in [-0.39, 0.29) is 17.6 Å². The highest BCUT2D eigenvalue weighted by Crippen LogP contribution is 2.23. The number of aromatic nitrogens is 3. The summed E-state index contributed by atoms with van der Waals surface area (Å²) in [6.07, 6.45) is 1.59. The van der Waals surface area contributed by atoms with Gasteiger partial charge in [0.1, 0.15) is 23.8 Å². The molecule has 1 unspecified atom stereocenters. The van der Waals surface area contributed by atoms with Crippen molar-refractivity contribution in [2.75, 3.05) is 18.1 Å². The Hall–Kier alpha value is -1.08. The number of hydrogen-bond donors (Lipinski definition) is 0. The number of hydrogen-bond acceptors (Lipinski definition) is 6. The van der Waals surface area contributed by atoms with Gasteiger partial charge >= 0.3 is 5.97 Å². The first kappa shape index (κ1) is 18.3. The highest BCUT2D eigenvalue weighted by atomic mass is 32.2. The highest BCUT2D eigenvalue weighted by Gasteiger charge is 2.34. The standard InChI is InChI=1S/C16H28N4O2S/c1-15(2,3)20-13(17-11-18-20)9-19-7-8-23-10-12(19)14(21)22-16(4,5)6/h11-12H,7-10H2,1-6H3. The predicted octanol–water partition coefficient (Wildman–Crippen LogP) is 2.29. The van der Waals surface area contributed by atoms with Crippen LogP contribution >= 0.6 is 11.8 Å². The molecule has 0 aromatic carbocycles. The average molecular weight is 340 g/mol. The molecule has 1 saturated heterocycles. The van der Waals surface area contributed by atoms with Crippen LogP contribution in [-0.4, -0.2) is 55.3 Å². The van der Waals surface area contributed by atoms with Gasteiger partial charge in [0, 0.05) is 18.1 Å². The smallest absolute Gasteiger partial charge is 0.324 e. The van der Waals surface area contributed by atoms with Crippen molar-refractivity contribution in [1.82, 2.24) is 19.7 Å². The molecule has 1 aromatic rings. The van der Waals surface area contributed by atoms with Gasteiger partial charge in [-0.05, 0) is 41.5 Å². The summed E-state index contributed by atoms with van der Waals surface area (Å²) in [5.41, 5.74) is -0.589. The predicted molar refractivity (Wildman–Crippen MR) is 92.4 cm³/mol. The molecule has 0 aliphatic carbocycles. The van der Waals surface area contributed by atoms with Gasteiger partial charge in [-0.25, -0.2) is 9.67 Å². The van der Waals surface area contributed by atoms with Gasteiger partial charge in [-0.3, -0.25) is 9.69 Å². The zero-order valence-electron chi connectivity index (χ0n) is 15.0. The zero-order valence-corrected chi connectivity index (χ0v) is 15.8. The van der Waals surface area contributed by atoms with Crippen LogP contribution < -0.4 is 0 Å². The summed E-state index contributed by atoms with van der Waals surface area (Å²) < 4.78 is 7.52. The Bertz CT molecular complexity index is 545. The molecule has 0 spiro atoms. The summed E-state index contributed by atoms with van der Waals surface area (Å²) >= 11 is 1.80. The average Bonchev–Trinajstić information content (AvgIpc) is 2.85. The minimum Gasteiger partial charge on any atom is -0.459 e. The lowest BCUT2D eigenvalue weighted by molar-refractivity contribution is -0.160. The Labute approximate surface area is 143 Å². The molecule has 1 aliphatic rings. The van der Waals surface area contributed by atoms with Gasteiger partial charge in [0.15, 0.2) is 0 Å². The van der Waals surface area contributed by atoms with E-state index in [1.807, 2.05) is 25.5 Å². The largest absolute Gasteiger partial charge is 0.459 e. The zero-order chi connectivity index (χ0) is 17.3. The van der Waals surface area contributed by atoms with Crippen LogP contribution in [0.2, 0.25) is 0 Å². The van der Waals surface area contributed by atoms with Crippen molar-refractivity contribution in [3.63, 3.8) is 0 Å². The van der Waals surface area contributed by atoms with Crippen LogP contribution in [0.4, 0.5) is 0 Å². The Morgan fingerprint density at radius 2 is 2.04 bits per heavy atom. The first-order valence-electron chi connectivity index (χ1n) is 8.02. The molecule has 2 rings (SSSR count). The fourth-order valence-electron chi connectivity index (χ4n) is 2.53. The third kappa shape index (κ3) is 4.94. The number of carbonyl (C=O) groups excluding carboxylic acids is 1. The first-order chi connectivity index (χ1) is 10.6. The van der Waals surface area contributed by atoms with Crippen molar-refractivity contribution in [3.05, 3.63) is 12.2 Å². The van der Waals surface area contributed by atoms with E-state index in [2.05, 4.69) is 35.8 Å². The van der Waals surface area contributed by atoms with E-state index in [1.54, 1.807) is 18.1 Å². The molecule has 7 heteroatoms. The molecule has 0 saturated carbocycles. The van der Waals surface area contributed by atoms with Crippen LogP contribution in [0.25, 0.3) is 0 Å². The number of rotatable bonds is 3. The van der Waals surface area contributed by atoms with Gasteiger partial charge < -0.3 is 4.74 Å². The molecule has 0 N–H and O–H groups in total. The Morgan fingerprint density at radius 1 is 1.35 bits per heavy atom. The van der Waals surface area contributed by atoms with E-state index < -0.39 is 5.60 Å². The molecule has 23 heavy (non-hydrogen) atoms. The lowest BCUT2D eigenvalue weighted by Gasteiger charge is -2.35. The summed E-state index contributed by atoms with van der Waals surface area (Å²) in [4.78, 5) is 19.1. The summed E-state index contributed by atoms with van der Waals surface area (Å²) in [5, 5.41) is 4.34. The molecule has 0 bridgehead atoms. The summed E-state index contributed by atoms with van der Waals surface area (Å²) in [6.45, 7) is 13.5. The van der Waals surface area contributed by atoms with Gasteiger partial charge in [-0.2, -0.15) is 16.9 Å². The van der Waals surface area contributed by atoms with Crippen molar-refractivity contribution in [2.45, 2.75) is 65.3 Å². The van der Waals surface area contributed by atoms with Gasteiger partial charge in [0.25, 0.3) is 0 Å². The maximum absolute atomic E-state index is 12.5. The number of thioether (sulfide) groups is 1. The van der Waals surface area contributed by atoms with Gasteiger partial charge in [-0.15, -0.1) is 0 Å². The number of nitrogens with zero attached hydrogens (tertiary/aromatic N) is 4. The number of carbonyl (C=O) groups is 1. The van der Waals surface area contributed by atoms with Crippen LogP contribution in [-0.2, 0) is 21.6 Å². The second-order valence-corrected chi connectivity index (χ2v) is 9.00. The summed E-state index contributed by atoms with van der Waals surface area (Å²) in [6, 6.07) is -0.224. The summed E-state index contributed by atoms with van der Waals surface area (Å²) in [7, 11) is 0. The van der Waals surface area contributed by atoms with E-state index >= 15 is 0 Å². The topological polar surface area (TPSA) is 60.2 Å². The molecule has 1 atom stereocenters. The van der Waals surface area contributed by atoms with Crippen LogP contribution in [0, 0.1) is 0 Å². The second-order valence-electron chi connectivity index (χ2n) is 7.85. The molecular formula is C16H28N4O2S. The van der Waals surface area contributed by atoms with E-state index in [1.165, 1.54) is 0 Å². The number of ether oxygens (including phenoxy) is 1. The third-order valence-electron chi connectivity index (χ3n) is 3.52. The molecule has 0 amide bonds. The van der Waals surface area contributed by atoms with E-state index in [0.717, 1.165) is 23.9 Å². The lowest BCUT2D eigenvalue weighted by Crippen LogP contribution is -2.49. The highest BCUT2D eigenvalue weighted by molar-refractivity contribution is 7.99. The molecule has 1 aromatic heterocycles. The van der Waals surface area contributed by atoms with Crippen molar-refractivity contribution in [3.8, 4) is 0 Å². The first-order valence-corrected chi connectivity index (χ1v) is 9.17. The van der Waals surface area contributed by atoms with Crippen LogP contribution in [0.15, 0.2) is 6.33 Å². The van der Waals surface area contributed by atoms with Crippen molar-refractivity contribution in [2.24, 2.45) is 0 Å². The van der Waals surface area contributed by atoms with E-state index in [9.17, 15) is 4.79 Å². The second kappa shape index (κ2) is 6.81. The molecule has 130 valence electrons. The molecular weight excluding hydrogens is 312 g/mol. The minimum absolute atomic E-state index is 0.127. The molecule has 1 fully saturated rings. The van der Waals surface area contributed by atoms with Gasteiger partial charge in [0.2, 0.25) is 0 Å². The molecule has 2 heterocycles. The SMILES string of the molecule is CC(C)(C)OC(=O)C1CSCCN1Cc1ncnn1C(C)(C)C. The molecule has 1 aliphatic heterocycles. The Balaban J connectivity index is 2.13. The maximum atomic E-state index is 12.5. The summed E-state index contributed by atoms with van der Waals surface area (Å²) in [5.74, 6) is 2.52. The van der Waals surface area contributed by atoms with Crippen LogP contribution in [0.5, 0.6) is 0 Å². The maximum Gasteiger partial charge on any atom is 0.324 e. The monoisotopic (exact) mass is 340 g/mol. The number of esters is 1. The van der Waals surface area contributed by atoms with Crippen molar-refractivity contribution < 1.29 is 9.53 Å². The van der Waals surface area contributed by atoms with Gasteiger partial charge in [-0.1, -0.05) is 0 Å². The third-order valence-corrected chi connectivity index (χ3v) is 4.54. The van der Waals surface area contributed by atoms with E-state index in [0.29, 0.717) is 6.54 Å². The van der Waals surface area contributed by atoms with Crippen LogP contribution in [0.1, 0.15) is 47.4 Å². The molecule has 0 radical (unpaired) electrons. The molecule has 6 nitrogen and oxygen atoms in total. The quantitative estimate of drug-likeness (QED) is 0.787. The van der Waals surface area contributed by atoms with Crippen LogP contribution in [0.3, 0.4) is 0 Å². The Kier molecular flexibility index (Phi) is 5.41. The fourth-order valence-corrected chi connectivity index (χ4v) is 3.63. The van der Waals surface area contributed by atoms with E-state index in [4.69, 9.17) is 4.74 Å². The fraction of sp³-hybridized carbons (Fsp3) is 0.812. The lowest BCUT2D eigenvalue weighted by atomic mass is 10.1. The Morgan fingerprint density at radius 3 is 2.65 bits per heavy atom. The van der Waals surface area contributed by atoms with Crippen molar-refractivity contribution in [1.29, 1.82) is 0 Å². The van der Waals surface area contributed by atoms with Gasteiger partial charge in [0.05, 0.1) is 12.1 Å².